The molecular formula is C9H11N2O. The highest BCUT2D eigenvalue weighted by molar-refractivity contribution is 5.88. The molecule has 0 spiro atoms. The number of hydrogen-bond donors (Lipinski definition) is 1. The maximum absolute atomic E-state index is 10.7. The van der Waals surface area contributed by atoms with Crippen molar-refractivity contribution < 1.29 is 4.79 Å². The first-order chi connectivity index (χ1) is 5.72. The Kier molecular flexibility index (Phi) is 2.82. The third-order valence-electron chi connectivity index (χ3n) is 1.45. The summed E-state index contributed by atoms with van der Waals surface area (Å²) in [5.41, 5.74) is 8.77. The quantitative estimate of drug-likeness (QED) is 0.704. The van der Waals surface area contributed by atoms with Gasteiger partial charge in [0.15, 0.2) is 0 Å². The molecule has 0 fully saturated rings. The SMILES string of the molecule is CC(=O)Nc1cccc(C[NH])c1. The van der Waals surface area contributed by atoms with Crippen molar-refractivity contribution in [3.05, 3.63) is 29.8 Å². The molecule has 3 nitrogen and oxygen atoms in total. The van der Waals surface area contributed by atoms with Gasteiger partial charge in [-0.15, -0.1) is 0 Å². The van der Waals surface area contributed by atoms with Crippen LogP contribution in [0.15, 0.2) is 24.3 Å². The zero-order valence-electron chi connectivity index (χ0n) is 6.92. The molecular weight excluding hydrogens is 152 g/mol. The average molecular weight is 163 g/mol. The second-order valence-corrected chi connectivity index (χ2v) is 2.56. The molecule has 1 rings (SSSR count). The minimum atomic E-state index is -0.0860. The van der Waals surface area contributed by atoms with Crippen LogP contribution < -0.4 is 11.1 Å². The van der Waals surface area contributed by atoms with Crippen molar-refractivity contribution in [2.45, 2.75) is 13.5 Å². The van der Waals surface area contributed by atoms with Crippen LogP contribution in [0.4, 0.5) is 5.69 Å². The van der Waals surface area contributed by atoms with Crippen molar-refractivity contribution in [2.75, 3.05) is 5.32 Å². The fraction of sp³-hybridized carbons (Fsp3) is 0.222. The predicted molar refractivity (Wildman–Crippen MR) is 47.5 cm³/mol. The number of carbonyl (C=O) groups excluding carboxylic acids is 1. The average Bonchev–Trinajstić information content (AvgIpc) is 2.03. The summed E-state index contributed by atoms with van der Waals surface area (Å²) in [6, 6.07) is 7.29. The van der Waals surface area contributed by atoms with Gasteiger partial charge in [-0.25, -0.2) is 0 Å². The number of nitrogens with one attached hydrogen (secondary N) is 2. The minimum Gasteiger partial charge on any atom is -0.326 e. The standard InChI is InChI=1S/C9H11N2O/c1-7(12)11-9-4-2-3-8(5-9)6-10/h2-5,10H,6H2,1H3,(H,11,12). The molecule has 63 valence electrons. The molecule has 0 atom stereocenters. The lowest BCUT2D eigenvalue weighted by molar-refractivity contribution is -0.114. The number of amides is 1. The maximum atomic E-state index is 10.7. The van der Waals surface area contributed by atoms with Crippen molar-refractivity contribution in [3.8, 4) is 0 Å². The van der Waals surface area contributed by atoms with Crippen LogP contribution in [0.2, 0.25) is 0 Å². The van der Waals surface area contributed by atoms with E-state index < -0.39 is 0 Å². The van der Waals surface area contributed by atoms with Gasteiger partial charge in [0.2, 0.25) is 5.91 Å². The molecule has 1 aromatic rings. The van der Waals surface area contributed by atoms with Gasteiger partial charge in [-0.05, 0) is 17.7 Å². The smallest absolute Gasteiger partial charge is 0.221 e. The van der Waals surface area contributed by atoms with Gasteiger partial charge in [0, 0.05) is 19.2 Å². The fourth-order valence-electron chi connectivity index (χ4n) is 0.962. The van der Waals surface area contributed by atoms with Crippen LogP contribution in [0.5, 0.6) is 0 Å². The predicted octanol–water partition coefficient (Wildman–Crippen LogP) is 1.43. The van der Waals surface area contributed by atoms with E-state index in [9.17, 15) is 4.79 Å². The topological polar surface area (TPSA) is 52.9 Å². The molecule has 0 saturated heterocycles. The highest BCUT2D eigenvalue weighted by Crippen LogP contribution is 2.09. The summed E-state index contributed by atoms with van der Waals surface area (Å²) in [6.45, 7) is 1.71. The summed E-state index contributed by atoms with van der Waals surface area (Å²) in [6.07, 6.45) is 0. The Hall–Kier alpha value is -1.35. The molecule has 0 saturated carbocycles. The number of carbonyl (C=O) groups is 1. The van der Waals surface area contributed by atoms with Gasteiger partial charge in [0.05, 0.1) is 0 Å². The summed E-state index contributed by atoms with van der Waals surface area (Å²) in [4.78, 5) is 10.7. The van der Waals surface area contributed by atoms with E-state index in [2.05, 4.69) is 5.32 Å². The van der Waals surface area contributed by atoms with Gasteiger partial charge >= 0.3 is 0 Å². The molecule has 0 aliphatic carbocycles. The molecule has 0 heterocycles. The summed E-state index contributed by atoms with van der Waals surface area (Å²) in [5, 5.41) is 2.66. The lowest BCUT2D eigenvalue weighted by atomic mass is 10.2. The monoisotopic (exact) mass is 163 g/mol. The van der Waals surface area contributed by atoms with Gasteiger partial charge in [0.1, 0.15) is 0 Å². The molecule has 0 unspecified atom stereocenters. The molecule has 12 heavy (non-hydrogen) atoms. The Bertz CT molecular complexity index is 284. The van der Waals surface area contributed by atoms with E-state index in [1.807, 2.05) is 12.1 Å². The van der Waals surface area contributed by atoms with Crippen LogP contribution in [0.1, 0.15) is 12.5 Å². The highest BCUT2D eigenvalue weighted by atomic mass is 16.1. The van der Waals surface area contributed by atoms with E-state index in [0.717, 1.165) is 11.3 Å². The molecule has 3 heteroatoms. The normalized spacial score (nSPS) is 9.50. The number of benzene rings is 1. The van der Waals surface area contributed by atoms with E-state index in [-0.39, 0.29) is 12.5 Å². The van der Waals surface area contributed by atoms with E-state index in [0.29, 0.717) is 0 Å². The zero-order chi connectivity index (χ0) is 8.97. The first-order valence-electron chi connectivity index (χ1n) is 3.73. The Morgan fingerprint density at radius 1 is 1.58 bits per heavy atom. The van der Waals surface area contributed by atoms with E-state index >= 15 is 0 Å². The number of hydrogen-bond acceptors (Lipinski definition) is 1. The van der Waals surface area contributed by atoms with E-state index in [1.54, 1.807) is 12.1 Å². The summed E-state index contributed by atoms with van der Waals surface area (Å²) < 4.78 is 0. The second-order valence-electron chi connectivity index (χ2n) is 2.56. The summed E-state index contributed by atoms with van der Waals surface area (Å²) in [5.74, 6) is -0.0860. The Morgan fingerprint density at radius 3 is 2.92 bits per heavy atom. The third kappa shape index (κ3) is 2.36. The molecule has 2 N–H and O–H groups in total. The van der Waals surface area contributed by atoms with Crippen LogP contribution in [0.25, 0.3) is 0 Å². The van der Waals surface area contributed by atoms with Gasteiger partial charge in [0.25, 0.3) is 0 Å². The Labute approximate surface area is 71.6 Å². The lowest BCUT2D eigenvalue weighted by Gasteiger charge is -2.02. The van der Waals surface area contributed by atoms with Gasteiger partial charge < -0.3 is 5.32 Å². The van der Waals surface area contributed by atoms with E-state index in [4.69, 9.17) is 5.73 Å². The van der Waals surface area contributed by atoms with Crippen molar-refractivity contribution >= 4 is 11.6 Å². The van der Waals surface area contributed by atoms with Crippen LogP contribution in [-0.4, -0.2) is 5.91 Å². The molecule has 1 amide bonds. The first kappa shape index (κ1) is 8.74. The Balaban J connectivity index is 2.79. The molecule has 0 aromatic heterocycles. The molecule has 1 aromatic carbocycles. The van der Waals surface area contributed by atoms with E-state index in [1.165, 1.54) is 6.92 Å². The minimum absolute atomic E-state index is 0.0860. The maximum Gasteiger partial charge on any atom is 0.221 e. The van der Waals surface area contributed by atoms with Gasteiger partial charge in [-0.1, -0.05) is 12.1 Å². The van der Waals surface area contributed by atoms with Crippen molar-refractivity contribution in [1.82, 2.24) is 5.73 Å². The first-order valence-corrected chi connectivity index (χ1v) is 3.73. The van der Waals surface area contributed by atoms with Crippen molar-refractivity contribution in [1.29, 1.82) is 0 Å². The van der Waals surface area contributed by atoms with Crippen LogP contribution in [-0.2, 0) is 11.3 Å². The van der Waals surface area contributed by atoms with Crippen LogP contribution >= 0.6 is 0 Å². The largest absolute Gasteiger partial charge is 0.326 e. The van der Waals surface area contributed by atoms with Crippen LogP contribution in [0, 0.1) is 0 Å². The molecule has 0 aliphatic rings. The van der Waals surface area contributed by atoms with Crippen LogP contribution in [0.3, 0.4) is 0 Å². The lowest BCUT2D eigenvalue weighted by Crippen LogP contribution is -2.05. The van der Waals surface area contributed by atoms with Gasteiger partial charge in [-0.2, -0.15) is 0 Å². The highest BCUT2D eigenvalue weighted by Gasteiger charge is 1.95. The third-order valence-corrected chi connectivity index (χ3v) is 1.45. The van der Waals surface area contributed by atoms with Crippen molar-refractivity contribution in [2.24, 2.45) is 0 Å². The molecule has 1 radical (unpaired) electrons. The number of anilines is 1. The second kappa shape index (κ2) is 3.88. The Morgan fingerprint density at radius 2 is 2.33 bits per heavy atom. The zero-order valence-corrected chi connectivity index (χ0v) is 6.92. The number of rotatable bonds is 2. The fourth-order valence-corrected chi connectivity index (χ4v) is 0.962. The molecule has 0 aliphatic heterocycles. The van der Waals surface area contributed by atoms with Gasteiger partial charge in [-0.3, -0.25) is 10.5 Å². The summed E-state index contributed by atoms with van der Waals surface area (Å²) >= 11 is 0. The summed E-state index contributed by atoms with van der Waals surface area (Å²) in [7, 11) is 0. The van der Waals surface area contributed by atoms with Crippen molar-refractivity contribution in [3.63, 3.8) is 0 Å². The molecule has 0 bridgehead atoms.